The van der Waals surface area contributed by atoms with E-state index in [1.807, 2.05) is 40.7 Å². The predicted octanol–water partition coefficient (Wildman–Crippen LogP) is 6.17. The number of hydrogen-bond donors (Lipinski definition) is 4. The van der Waals surface area contributed by atoms with Crippen LogP contribution in [0.1, 0.15) is 113 Å². The molecule has 2 aliphatic rings. The quantitative estimate of drug-likeness (QED) is 0.0342. The molecule has 5 unspecified atom stereocenters. The molecular formula is C42H52N2O12. The van der Waals surface area contributed by atoms with Crippen molar-refractivity contribution in [3.05, 3.63) is 76.4 Å². The van der Waals surface area contributed by atoms with E-state index in [-0.39, 0.29) is 46.9 Å². The van der Waals surface area contributed by atoms with Crippen LogP contribution in [0, 0.1) is 11.8 Å². The van der Waals surface area contributed by atoms with Crippen molar-refractivity contribution in [3.8, 4) is 5.75 Å². The summed E-state index contributed by atoms with van der Waals surface area (Å²) in [6.07, 6.45) is 2.17. The van der Waals surface area contributed by atoms with Gasteiger partial charge in [-0.3, -0.25) is 28.8 Å². The number of nitrogens with one attached hydrogen (secondary N) is 2. The van der Waals surface area contributed by atoms with Gasteiger partial charge in [-0.1, -0.05) is 82.0 Å². The highest BCUT2D eigenvalue weighted by molar-refractivity contribution is 6.52. The van der Waals surface area contributed by atoms with Crippen LogP contribution in [0.25, 0.3) is 5.76 Å². The molecule has 56 heavy (non-hydrogen) atoms. The molecule has 2 aromatic rings. The van der Waals surface area contributed by atoms with Gasteiger partial charge in [-0.2, -0.15) is 0 Å². The number of aliphatic hydroxyl groups is 1. The maximum atomic E-state index is 13.3. The maximum absolute atomic E-state index is 13.3. The number of esters is 3. The summed E-state index contributed by atoms with van der Waals surface area (Å²) in [6.45, 7) is 12.5. The molecule has 4 rings (SSSR count). The standard InChI is InChI=1S/C27H38N2O9.C15H14O3/c1-6-7-8-10-19-24(38-21(31)13-15(2)3)17(5)37-27(35)22(16(4)36-26(19)34)29-25(33)18-11-9-12-20(23(18)32)28-14-30;1-9(2)7-8-12-13(16)10-5-3-4-6-11(10)14(17)15(12)18/h9,11-12,14-17,19,22,24,32H,6-8,10,13H2,1-5H3,(H,28,30)(H,29,33);3-7,16H,8H2,1-2H3. The number of ether oxygens (including phenoxy) is 3. The van der Waals surface area contributed by atoms with Gasteiger partial charge in [0.05, 0.1) is 17.2 Å². The Morgan fingerprint density at radius 2 is 1.55 bits per heavy atom. The third kappa shape index (κ3) is 11.6. The van der Waals surface area contributed by atoms with Crippen molar-refractivity contribution >= 4 is 53.2 Å². The summed E-state index contributed by atoms with van der Waals surface area (Å²) in [5.74, 6) is -5.50. The molecule has 1 fully saturated rings. The highest BCUT2D eigenvalue weighted by Crippen LogP contribution is 2.31. The highest BCUT2D eigenvalue weighted by Gasteiger charge is 2.44. The van der Waals surface area contributed by atoms with Crippen molar-refractivity contribution < 1.29 is 58.0 Å². The van der Waals surface area contributed by atoms with Gasteiger partial charge in [0, 0.05) is 23.1 Å². The van der Waals surface area contributed by atoms with Crippen molar-refractivity contribution in [2.75, 3.05) is 5.32 Å². The Labute approximate surface area is 326 Å². The fraction of sp³-hybridized carbons (Fsp3) is 0.452. The Morgan fingerprint density at radius 3 is 2.18 bits per heavy atom. The average Bonchev–Trinajstić information content (AvgIpc) is 3.16. The summed E-state index contributed by atoms with van der Waals surface area (Å²) in [5.41, 5.74) is 1.72. The molecule has 1 aliphatic carbocycles. The number of unbranched alkanes of at least 4 members (excludes halogenated alkanes) is 2. The third-order valence-electron chi connectivity index (χ3n) is 9.14. The number of cyclic esters (lactones) is 2. The minimum atomic E-state index is -1.42. The first-order chi connectivity index (χ1) is 26.5. The molecule has 0 saturated carbocycles. The van der Waals surface area contributed by atoms with Crippen molar-refractivity contribution in [1.82, 2.24) is 5.32 Å². The number of phenolic OH excluding ortho intramolecular Hbond substituents is 1. The SMILES string of the molecule is CC(C)=CCC1=C(O)c2ccccc2C(=O)C1=O.CCCCCC1C(=O)OC(C)C(NC(=O)c2cccc(NC=O)c2O)C(=O)OC(C)C1OC(=O)CC(C)C. The lowest BCUT2D eigenvalue weighted by molar-refractivity contribution is -0.175. The van der Waals surface area contributed by atoms with Crippen LogP contribution < -0.4 is 10.6 Å². The average molecular weight is 777 g/mol. The first kappa shape index (κ1) is 44.6. The zero-order valence-corrected chi connectivity index (χ0v) is 32.9. The molecule has 14 heteroatoms. The van der Waals surface area contributed by atoms with E-state index < -0.39 is 71.4 Å². The van der Waals surface area contributed by atoms with E-state index in [2.05, 4.69) is 10.6 Å². The molecule has 0 radical (unpaired) electrons. The normalized spacial score (nSPS) is 20.8. The molecule has 1 heterocycles. The van der Waals surface area contributed by atoms with E-state index in [0.29, 0.717) is 24.8 Å². The first-order valence-corrected chi connectivity index (χ1v) is 18.7. The number of hydrogen-bond acceptors (Lipinski definition) is 12. The first-order valence-electron chi connectivity index (χ1n) is 18.7. The summed E-state index contributed by atoms with van der Waals surface area (Å²) in [5, 5.41) is 25.2. The maximum Gasteiger partial charge on any atom is 0.332 e. The minimum Gasteiger partial charge on any atom is -0.507 e. The van der Waals surface area contributed by atoms with Crippen LogP contribution in [0.3, 0.4) is 0 Å². The lowest BCUT2D eigenvalue weighted by atomic mass is 9.87. The summed E-state index contributed by atoms with van der Waals surface area (Å²) < 4.78 is 16.9. The summed E-state index contributed by atoms with van der Waals surface area (Å²) in [4.78, 5) is 86.5. The molecule has 302 valence electrons. The number of ketones is 2. The minimum absolute atomic E-state index is 0.00114. The Balaban J connectivity index is 0.000000387. The Morgan fingerprint density at radius 1 is 0.893 bits per heavy atom. The van der Waals surface area contributed by atoms with Gasteiger partial charge >= 0.3 is 17.9 Å². The lowest BCUT2D eigenvalue weighted by Gasteiger charge is -2.29. The zero-order valence-electron chi connectivity index (χ0n) is 32.9. The van der Waals surface area contributed by atoms with Crippen LogP contribution in [0.2, 0.25) is 0 Å². The number of benzene rings is 2. The molecule has 2 aromatic carbocycles. The number of fused-ring (bicyclic) bond motifs is 1. The van der Waals surface area contributed by atoms with E-state index in [4.69, 9.17) is 14.2 Å². The summed E-state index contributed by atoms with van der Waals surface area (Å²) >= 11 is 0. The molecule has 1 aliphatic heterocycles. The van der Waals surface area contributed by atoms with Gasteiger partial charge in [0.25, 0.3) is 5.91 Å². The monoisotopic (exact) mass is 776 g/mol. The van der Waals surface area contributed by atoms with Crippen LogP contribution >= 0.6 is 0 Å². The Hall–Kier alpha value is -5.79. The van der Waals surface area contributed by atoms with E-state index in [0.717, 1.165) is 18.4 Å². The molecule has 0 aromatic heterocycles. The van der Waals surface area contributed by atoms with E-state index in [1.165, 1.54) is 32.0 Å². The molecule has 2 amide bonds. The van der Waals surface area contributed by atoms with E-state index in [9.17, 15) is 43.8 Å². The topological polar surface area (TPSA) is 212 Å². The second-order valence-electron chi connectivity index (χ2n) is 14.4. The fourth-order valence-corrected chi connectivity index (χ4v) is 6.14. The van der Waals surface area contributed by atoms with Gasteiger partial charge in [-0.05, 0) is 58.6 Å². The number of carbonyl (C=O) groups is 7. The predicted molar refractivity (Wildman–Crippen MR) is 206 cm³/mol. The van der Waals surface area contributed by atoms with Crippen molar-refractivity contribution in [2.45, 2.75) is 111 Å². The molecular weight excluding hydrogens is 724 g/mol. The van der Waals surface area contributed by atoms with Gasteiger partial charge in [-0.25, -0.2) is 4.79 Å². The molecule has 5 atom stereocenters. The number of anilines is 1. The number of allylic oxidation sites excluding steroid dienone is 3. The lowest BCUT2D eigenvalue weighted by Crippen LogP contribution is -2.50. The van der Waals surface area contributed by atoms with Crippen molar-refractivity contribution in [1.29, 1.82) is 0 Å². The number of rotatable bonds is 13. The van der Waals surface area contributed by atoms with Crippen LogP contribution in [0.15, 0.2) is 59.7 Å². The smallest absolute Gasteiger partial charge is 0.332 e. The van der Waals surface area contributed by atoms with Crippen LogP contribution in [0.4, 0.5) is 5.69 Å². The number of aromatic hydroxyl groups is 1. The highest BCUT2D eigenvalue weighted by atomic mass is 16.6. The zero-order chi connectivity index (χ0) is 41.7. The largest absolute Gasteiger partial charge is 0.507 e. The number of phenols is 1. The van der Waals surface area contributed by atoms with Crippen LogP contribution in [-0.2, 0) is 38.2 Å². The van der Waals surface area contributed by atoms with E-state index >= 15 is 0 Å². The molecule has 4 N–H and O–H groups in total. The number of para-hydroxylation sites is 1. The number of carbonyl (C=O) groups excluding carboxylic acids is 7. The summed E-state index contributed by atoms with van der Waals surface area (Å²) in [6, 6.07) is 9.33. The van der Waals surface area contributed by atoms with Gasteiger partial charge in [0.2, 0.25) is 18.0 Å². The van der Waals surface area contributed by atoms with Crippen LogP contribution in [-0.4, -0.2) is 76.4 Å². The molecule has 0 bridgehead atoms. The van der Waals surface area contributed by atoms with E-state index in [1.54, 1.807) is 24.3 Å². The number of aliphatic hydroxyl groups excluding tert-OH is 1. The molecule has 1 saturated heterocycles. The van der Waals surface area contributed by atoms with Gasteiger partial charge in [0.1, 0.15) is 18.0 Å². The van der Waals surface area contributed by atoms with Crippen LogP contribution in [0.5, 0.6) is 5.75 Å². The van der Waals surface area contributed by atoms with Gasteiger partial charge in [-0.15, -0.1) is 0 Å². The molecule has 14 nitrogen and oxygen atoms in total. The van der Waals surface area contributed by atoms with Crippen molar-refractivity contribution in [2.24, 2.45) is 11.8 Å². The fourth-order valence-electron chi connectivity index (χ4n) is 6.14. The third-order valence-corrected chi connectivity index (χ3v) is 9.14. The van der Waals surface area contributed by atoms with Gasteiger partial charge < -0.3 is 35.1 Å². The second kappa shape index (κ2) is 20.8. The second-order valence-corrected chi connectivity index (χ2v) is 14.4. The Kier molecular flexibility index (Phi) is 16.5. The number of Topliss-reactive ketones (excluding diaryl/α,β-unsaturated/α-hetero) is 2. The van der Waals surface area contributed by atoms with Crippen molar-refractivity contribution in [3.63, 3.8) is 0 Å². The van der Waals surface area contributed by atoms with Gasteiger partial charge in [0.15, 0.2) is 17.9 Å². The molecule has 0 spiro atoms. The Bertz CT molecular complexity index is 1860. The number of amides is 2. The summed E-state index contributed by atoms with van der Waals surface area (Å²) in [7, 11) is 0.